The number of furan rings is 2. The van der Waals surface area contributed by atoms with Crippen LogP contribution in [0.5, 0.6) is 0 Å². The Morgan fingerprint density at radius 2 is 0.634 bits per heavy atom. The van der Waals surface area contributed by atoms with Crippen LogP contribution in [0.25, 0.3) is 43.9 Å². The van der Waals surface area contributed by atoms with Crippen molar-refractivity contribution >= 4 is 136 Å². The molecule has 0 radical (unpaired) electrons. The zero-order valence-corrected chi connectivity index (χ0v) is 49.4. The third-order valence-electron chi connectivity index (χ3n) is 18.7. The van der Waals surface area contributed by atoms with Gasteiger partial charge in [-0.1, -0.05) is 220 Å². The molecule has 10 aromatic carbocycles. The maximum atomic E-state index is 7.01. The number of benzene rings is 10. The van der Waals surface area contributed by atoms with E-state index in [0.29, 0.717) is 0 Å². The molecule has 0 N–H and O–H groups in total. The van der Waals surface area contributed by atoms with Gasteiger partial charge in [-0.3, -0.25) is 9.80 Å². The van der Waals surface area contributed by atoms with Crippen molar-refractivity contribution in [2.45, 2.75) is 37.0 Å². The zero-order valence-electron chi connectivity index (χ0n) is 45.8. The van der Waals surface area contributed by atoms with E-state index in [2.05, 4.69) is 291 Å². The molecule has 0 fully saturated rings. The molecule has 392 valence electrons. The molecule has 4 nitrogen and oxygen atoms in total. The minimum atomic E-state index is -2.33. The average molecular weight is 1120 g/mol. The molecule has 82 heavy (non-hydrogen) atoms. The average Bonchev–Trinajstić information content (AvgIpc) is 1.37. The monoisotopic (exact) mass is 1120 g/mol. The molecule has 0 atom stereocenters. The maximum Gasteiger partial charge on any atom is 0.159 e. The zero-order chi connectivity index (χ0) is 54.7. The Morgan fingerprint density at radius 3 is 1.01 bits per heavy atom. The predicted octanol–water partition coefficient (Wildman–Crippen LogP) is 17.9. The van der Waals surface area contributed by atoms with Gasteiger partial charge >= 0.3 is 0 Å². The molecule has 0 bridgehead atoms. The first-order chi connectivity index (χ1) is 40.2. The summed E-state index contributed by atoms with van der Waals surface area (Å²) >= 11 is 3.93. The van der Waals surface area contributed by atoms with Crippen LogP contribution in [0, 0.1) is 0 Å². The highest BCUT2D eigenvalue weighted by molar-refractivity contribution is 7.18. The summed E-state index contributed by atoms with van der Waals surface area (Å²) in [5.41, 5.74) is 14.3. The standard InChI is InChI=1S/C74H54N2O2S2Si2/c1-81(2)63-41-19-13-33-53(63)73(54-34-14-20-42-64(54)81)57-45-67(75(47-25-7-5-8-26-47)59-37-23-31-51-49-29-11-17-39-61(49)77-69(51)59)80-72(57)74(55-35-15-21-43-65(55)82(3,4)66-44-22-16-36-56(66)74)58-46-68(79-71(58)73)76(48-27-9-6-10-28-48)60-38-24-32-52-50-30-12-18-40-62(50)78-70(52)60/h5-46H,1-4H3. The van der Waals surface area contributed by atoms with Gasteiger partial charge in [0.2, 0.25) is 0 Å². The molecule has 3 aliphatic rings. The molecule has 2 spiro atoms. The number of anilines is 6. The second-order valence-electron chi connectivity index (χ2n) is 23.4. The van der Waals surface area contributed by atoms with E-state index in [9.17, 15) is 0 Å². The van der Waals surface area contributed by atoms with Gasteiger partial charge in [0.05, 0.1) is 22.2 Å². The molecule has 17 rings (SSSR count). The second-order valence-corrected chi connectivity index (χ2v) is 34.1. The highest BCUT2D eigenvalue weighted by Crippen LogP contribution is 2.67. The molecule has 8 heteroatoms. The summed E-state index contributed by atoms with van der Waals surface area (Å²) in [6.07, 6.45) is 0. The van der Waals surface area contributed by atoms with Crippen molar-refractivity contribution in [3.63, 3.8) is 0 Å². The first-order valence-corrected chi connectivity index (χ1v) is 36.0. The molecule has 0 amide bonds. The Labute approximate surface area is 486 Å². The summed E-state index contributed by atoms with van der Waals surface area (Å²) in [6, 6.07) is 95.7. The van der Waals surface area contributed by atoms with E-state index in [1.54, 1.807) is 0 Å². The third-order valence-corrected chi connectivity index (χ3v) is 28.3. The lowest BCUT2D eigenvalue weighted by atomic mass is 9.55. The van der Waals surface area contributed by atoms with Gasteiger partial charge in [0.1, 0.15) is 37.3 Å². The van der Waals surface area contributed by atoms with Gasteiger partial charge in [0, 0.05) is 42.7 Å². The van der Waals surface area contributed by atoms with Gasteiger partial charge in [-0.25, -0.2) is 0 Å². The number of para-hydroxylation sites is 6. The fourth-order valence-corrected chi connectivity index (χ4v) is 24.5. The summed E-state index contributed by atoms with van der Waals surface area (Å²) < 4.78 is 14.0. The molecular formula is C74H54N2O2S2Si2. The van der Waals surface area contributed by atoms with Crippen LogP contribution in [0.2, 0.25) is 26.2 Å². The lowest BCUT2D eigenvalue weighted by Crippen LogP contribution is -2.66. The summed E-state index contributed by atoms with van der Waals surface area (Å²) in [5.74, 6) is 0. The minimum absolute atomic E-state index is 0.751. The summed E-state index contributed by atoms with van der Waals surface area (Å²) in [6.45, 7) is 10.3. The highest BCUT2D eigenvalue weighted by atomic mass is 32.1. The van der Waals surface area contributed by atoms with E-state index in [4.69, 9.17) is 8.83 Å². The van der Waals surface area contributed by atoms with E-state index in [1.165, 1.54) is 63.9 Å². The van der Waals surface area contributed by atoms with Crippen molar-refractivity contribution in [1.82, 2.24) is 0 Å². The van der Waals surface area contributed by atoms with Crippen molar-refractivity contribution < 1.29 is 8.83 Å². The highest BCUT2D eigenvalue weighted by Gasteiger charge is 2.63. The van der Waals surface area contributed by atoms with Gasteiger partial charge < -0.3 is 8.83 Å². The van der Waals surface area contributed by atoms with E-state index >= 15 is 0 Å². The SMILES string of the molecule is C[Si]1(C)c2ccccc2C2(c3ccccc31)c1cc(N(c3ccccc3)c3cccc4c3oc3ccccc34)sc1C1(c3ccccc3[Si](C)(C)c3ccccc31)c1cc(N(c3ccccc3)c3cccc4c3oc3ccccc34)sc12. The van der Waals surface area contributed by atoms with Gasteiger partial charge in [0.25, 0.3) is 0 Å². The van der Waals surface area contributed by atoms with Crippen molar-refractivity contribution in [3.8, 4) is 0 Å². The normalized spacial score (nSPS) is 15.5. The van der Waals surface area contributed by atoms with Crippen LogP contribution in [-0.4, -0.2) is 16.1 Å². The van der Waals surface area contributed by atoms with E-state index in [-0.39, 0.29) is 0 Å². The number of hydrogen-bond donors (Lipinski definition) is 0. The number of hydrogen-bond acceptors (Lipinski definition) is 6. The van der Waals surface area contributed by atoms with Gasteiger partial charge in [0.15, 0.2) is 11.2 Å². The Kier molecular flexibility index (Phi) is 10.2. The Balaban J connectivity index is 1.06. The quantitative estimate of drug-likeness (QED) is 0.155. The molecule has 4 aromatic heterocycles. The van der Waals surface area contributed by atoms with Gasteiger partial charge in [-0.05, 0) is 115 Å². The minimum Gasteiger partial charge on any atom is -0.454 e. The maximum absolute atomic E-state index is 7.01. The Morgan fingerprint density at radius 1 is 0.317 bits per heavy atom. The van der Waals surface area contributed by atoms with Crippen molar-refractivity contribution in [1.29, 1.82) is 0 Å². The summed E-state index contributed by atoms with van der Waals surface area (Å²) in [5, 5.41) is 12.6. The van der Waals surface area contributed by atoms with Crippen molar-refractivity contribution in [2.75, 3.05) is 9.80 Å². The van der Waals surface area contributed by atoms with Crippen LogP contribution in [0.15, 0.2) is 264 Å². The lowest BCUT2D eigenvalue weighted by Gasteiger charge is -2.54. The van der Waals surface area contributed by atoms with Crippen LogP contribution in [0.4, 0.5) is 32.8 Å². The third kappa shape index (κ3) is 6.24. The molecular weight excluding hydrogens is 1070 g/mol. The molecule has 1 aliphatic carbocycles. The number of nitrogens with zero attached hydrogens (tertiary/aromatic N) is 2. The summed E-state index contributed by atoms with van der Waals surface area (Å²) in [7, 11) is -4.67. The molecule has 6 heterocycles. The van der Waals surface area contributed by atoms with E-state index in [1.807, 2.05) is 22.7 Å². The van der Waals surface area contributed by atoms with Gasteiger partial charge in [-0.15, -0.1) is 22.7 Å². The number of thiophene rings is 2. The largest absolute Gasteiger partial charge is 0.454 e. The lowest BCUT2D eigenvalue weighted by molar-refractivity contribution is 0.646. The number of rotatable bonds is 6. The molecule has 0 unspecified atom stereocenters. The van der Waals surface area contributed by atoms with E-state index in [0.717, 1.165) is 76.6 Å². The first-order valence-electron chi connectivity index (χ1n) is 28.4. The Hall–Kier alpha value is -8.77. The second kappa shape index (κ2) is 17.4. The fraction of sp³-hybridized carbons (Fsp3) is 0.0811. The van der Waals surface area contributed by atoms with Crippen LogP contribution < -0.4 is 30.5 Å². The van der Waals surface area contributed by atoms with E-state index < -0.39 is 27.0 Å². The molecule has 2 aliphatic heterocycles. The molecule has 0 saturated carbocycles. The van der Waals surface area contributed by atoms with Crippen molar-refractivity contribution in [3.05, 3.63) is 298 Å². The number of fused-ring (bicyclic) bond motifs is 20. The Bertz CT molecular complexity index is 4470. The predicted molar refractivity (Wildman–Crippen MR) is 350 cm³/mol. The van der Waals surface area contributed by atoms with Crippen molar-refractivity contribution in [2.24, 2.45) is 0 Å². The smallest absolute Gasteiger partial charge is 0.159 e. The topological polar surface area (TPSA) is 32.8 Å². The fourth-order valence-electron chi connectivity index (χ4n) is 15.1. The first kappa shape index (κ1) is 48.0. The van der Waals surface area contributed by atoms with Crippen LogP contribution >= 0.6 is 22.7 Å². The van der Waals surface area contributed by atoms with Crippen LogP contribution in [0.3, 0.4) is 0 Å². The summed E-state index contributed by atoms with van der Waals surface area (Å²) in [4.78, 5) is 7.69. The molecule has 14 aromatic rings. The molecule has 0 saturated heterocycles. The van der Waals surface area contributed by atoms with Crippen LogP contribution in [0.1, 0.15) is 43.1 Å². The van der Waals surface area contributed by atoms with Crippen LogP contribution in [-0.2, 0) is 10.8 Å². The van der Waals surface area contributed by atoms with Gasteiger partial charge in [-0.2, -0.15) is 0 Å².